The highest BCUT2D eigenvalue weighted by atomic mass is 32.1. The molecule has 2 heterocycles. The van der Waals surface area contributed by atoms with Crippen molar-refractivity contribution in [3.63, 3.8) is 0 Å². The second-order valence-corrected chi connectivity index (χ2v) is 7.84. The van der Waals surface area contributed by atoms with Gasteiger partial charge in [0.15, 0.2) is 0 Å². The first-order valence-corrected chi connectivity index (χ1v) is 10.0. The number of amides is 1. The van der Waals surface area contributed by atoms with E-state index in [1.165, 1.54) is 18.4 Å². The topological polar surface area (TPSA) is 71.5 Å². The molecule has 1 aromatic heterocycles. The summed E-state index contributed by atoms with van der Waals surface area (Å²) in [7, 11) is 1.44. The molecular weight excluding hydrogens is 362 g/mol. The van der Waals surface area contributed by atoms with Crippen LogP contribution in [0.1, 0.15) is 29.1 Å². The largest absolute Gasteiger partial charge is 0.469 e. The number of hydrogen-bond acceptors (Lipinski definition) is 6. The van der Waals surface area contributed by atoms with Crippen LogP contribution < -0.4 is 5.32 Å². The van der Waals surface area contributed by atoms with Crippen molar-refractivity contribution in [1.82, 2.24) is 9.88 Å². The van der Waals surface area contributed by atoms with E-state index in [9.17, 15) is 9.59 Å². The maximum absolute atomic E-state index is 12.2. The Labute approximate surface area is 163 Å². The van der Waals surface area contributed by atoms with Crippen molar-refractivity contribution in [3.8, 4) is 0 Å². The number of rotatable bonds is 6. The molecule has 1 fully saturated rings. The molecular formula is C20H25N3O3S. The molecule has 2 aromatic rings. The maximum atomic E-state index is 12.2. The molecule has 1 aliphatic rings. The average Bonchev–Trinajstić information content (AvgIpc) is 3.10. The SMILES string of the molecule is COC(=O)C1CCN(Cc2csc(CC(=O)Nc3ccc(C)cc3)n2)CC1. The number of carbonyl (C=O) groups is 2. The van der Waals surface area contributed by atoms with Gasteiger partial charge in [-0.15, -0.1) is 11.3 Å². The summed E-state index contributed by atoms with van der Waals surface area (Å²) in [5, 5.41) is 5.74. The third-order valence-electron chi connectivity index (χ3n) is 4.75. The van der Waals surface area contributed by atoms with Crippen molar-refractivity contribution in [2.45, 2.75) is 32.7 Å². The van der Waals surface area contributed by atoms with Gasteiger partial charge in [0.25, 0.3) is 0 Å². The molecule has 0 unspecified atom stereocenters. The molecule has 1 amide bonds. The van der Waals surface area contributed by atoms with Crippen LogP contribution in [0.3, 0.4) is 0 Å². The molecule has 0 saturated carbocycles. The number of thiazole rings is 1. The smallest absolute Gasteiger partial charge is 0.308 e. The summed E-state index contributed by atoms with van der Waals surface area (Å²) in [6.45, 7) is 4.49. The number of likely N-dealkylation sites (tertiary alicyclic amines) is 1. The second-order valence-electron chi connectivity index (χ2n) is 6.90. The number of nitrogens with zero attached hydrogens (tertiary/aromatic N) is 2. The van der Waals surface area contributed by atoms with Crippen LogP contribution in [0.4, 0.5) is 5.69 Å². The van der Waals surface area contributed by atoms with Gasteiger partial charge in [-0.1, -0.05) is 17.7 Å². The first kappa shape index (κ1) is 19.5. The van der Waals surface area contributed by atoms with E-state index in [4.69, 9.17) is 4.74 Å². The fourth-order valence-electron chi connectivity index (χ4n) is 3.20. The second kappa shape index (κ2) is 9.10. The lowest BCUT2D eigenvalue weighted by molar-refractivity contribution is -0.147. The zero-order chi connectivity index (χ0) is 19.2. The number of carbonyl (C=O) groups excluding carboxylic acids is 2. The summed E-state index contributed by atoms with van der Waals surface area (Å²) in [6.07, 6.45) is 1.92. The van der Waals surface area contributed by atoms with Gasteiger partial charge >= 0.3 is 5.97 Å². The molecule has 0 spiro atoms. The van der Waals surface area contributed by atoms with Gasteiger partial charge < -0.3 is 10.1 Å². The van der Waals surface area contributed by atoms with Crippen LogP contribution in [0.2, 0.25) is 0 Å². The van der Waals surface area contributed by atoms with E-state index in [0.717, 1.165) is 54.4 Å². The molecule has 144 valence electrons. The highest BCUT2D eigenvalue weighted by Gasteiger charge is 2.25. The molecule has 7 heteroatoms. The minimum absolute atomic E-state index is 0.0164. The zero-order valence-electron chi connectivity index (χ0n) is 15.7. The van der Waals surface area contributed by atoms with E-state index in [2.05, 4.69) is 15.2 Å². The Morgan fingerprint density at radius 2 is 1.96 bits per heavy atom. The predicted octanol–water partition coefficient (Wildman–Crippen LogP) is 3.02. The van der Waals surface area contributed by atoms with E-state index in [0.29, 0.717) is 0 Å². The van der Waals surface area contributed by atoms with Crippen LogP contribution in [0.5, 0.6) is 0 Å². The monoisotopic (exact) mass is 387 g/mol. The summed E-state index contributed by atoms with van der Waals surface area (Å²) in [5.74, 6) is -0.147. The molecule has 0 radical (unpaired) electrons. The summed E-state index contributed by atoms with van der Waals surface area (Å²) >= 11 is 1.52. The zero-order valence-corrected chi connectivity index (χ0v) is 16.6. The number of methoxy groups -OCH3 is 1. The van der Waals surface area contributed by atoms with Gasteiger partial charge in [0, 0.05) is 17.6 Å². The summed E-state index contributed by atoms with van der Waals surface area (Å²) in [4.78, 5) is 30.7. The predicted molar refractivity (Wildman–Crippen MR) is 106 cm³/mol. The van der Waals surface area contributed by atoms with Gasteiger partial charge in [-0.3, -0.25) is 14.5 Å². The number of ether oxygens (including phenoxy) is 1. The minimum atomic E-state index is -0.106. The Morgan fingerprint density at radius 1 is 1.26 bits per heavy atom. The number of nitrogens with one attached hydrogen (secondary N) is 1. The molecule has 6 nitrogen and oxygen atoms in total. The van der Waals surface area contributed by atoms with Crippen molar-refractivity contribution in [2.24, 2.45) is 5.92 Å². The van der Waals surface area contributed by atoms with Crippen molar-refractivity contribution >= 4 is 28.9 Å². The molecule has 1 aromatic carbocycles. The number of aryl methyl sites for hydroxylation is 1. The Morgan fingerprint density at radius 3 is 2.63 bits per heavy atom. The lowest BCUT2D eigenvalue weighted by Gasteiger charge is -2.29. The standard InChI is InChI=1S/C20H25N3O3S/c1-14-3-5-16(6-4-14)21-18(24)11-19-22-17(13-27-19)12-23-9-7-15(8-10-23)20(25)26-2/h3-6,13,15H,7-12H2,1-2H3,(H,21,24). The van der Waals surface area contributed by atoms with E-state index in [1.807, 2.05) is 36.6 Å². The third-order valence-corrected chi connectivity index (χ3v) is 5.65. The normalized spacial score (nSPS) is 15.5. The highest BCUT2D eigenvalue weighted by molar-refractivity contribution is 7.09. The van der Waals surface area contributed by atoms with Crippen LogP contribution in [0, 0.1) is 12.8 Å². The molecule has 1 saturated heterocycles. The summed E-state index contributed by atoms with van der Waals surface area (Å²) in [5.41, 5.74) is 2.94. The molecule has 0 bridgehead atoms. The minimum Gasteiger partial charge on any atom is -0.469 e. The van der Waals surface area contributed by atoms with Gasteiger partial charge in [-0.05, 0) is 45.0 Å². The Kier molecular flexibility index (Phi) is 6.58. The molecule has 3 rings (SSSR count). The van der Waals surface area contributed by atoms with Gasteiger partial charge in [-0.2, -0.15) is 0 Å². The van der Waals surface area contributed by atoms with Crippen LogP contribution >= 0.6 is 11.3 Å². The van der Waals surface area contributed by atoms with E-state index in [1.54, 1.807) is 0 Å². The van der Waals surface area contributed by atoms with Crippen LogP contribution in [-0.2, 0) is 27.3 Å². The number of piperidine rings is 1. The third kappa shape index (κ3) is 5.61. The van der Waals surface area contributed by atoms with Gasteiger partial charge in [0.2, 0.25) is 5.91 Å². The lowest BCUT2D eigenvalue weighted by atomic mass is 9.97. The van der Waals surface area contributed by atoms with Crippen molar-refractivity contribution in [2.75, 3.05) is 25.5 Å². The first-order chi connectivity index (χ1) is 13.0. The van der Waals surface area contributed by atoms with E-state index < -0.39 is 0 Å². The summed E-state index contributed by atoms with van der Waals surface area (Å²) in [6, 6.07) is 7.75. The number of benzene rings is 1. The van der Waals surface area contributed by atoms with Crippen molar-refractivity contribution in [1.29, 1.82) is 0 Å². The van der Waals surface area contributed by atoms with Crippen molar-refractivity contribution < 1.29 is 14.3 Å². The average molecular weight is 388 g/mol. The molecule has 0 atom stereocenters. The number of hydrogen-bond donors (Lipinski definition) is 1. The van der Waals surface area contributed by atoms with E-state index in [-0.39, 0.29) is 24.2 Å². The van der Waals surface area contributed by atoms with Crippen molar-refractivity contribution in [3.05, 3.63) is 45.9 Å². The van der Waals surface area contributed by atoms with Gasteiger partial charge in [0.1, 0.15) is 5.01 Å². The van der Waals surface area contributed by atoms with Crippen LogP contribution in [0.25, 0.3) is 0 Å². The van der Waals surface area contributed by atoms with Gasteiger partial charge in [-0.25, -0.2) is 4.98 Å². The quantitative estimate of drug-likeness (QED) is 0.772. The van der Waals surface area contributed by atoms with E-state index >= 15 is 0 Å². The Balaban J connectivity index is 1.46. The molecule has 1 aliphatic heterocycles. The number of aromatic nitrogens is 1. The molecule has 27 heavy (non-hydrogen) atoms. The first-order valence-electron chi connectivity index (χ1n) is 9.13. The lowest BCUT2D eigenvalue weighted by Crippen LogP contribution is -2.36. The fraction of sp³-hybridized carbons (Fsp3) is 0.450. The number of esters is 1. The molecule has 0 aliphatic carbocycles. The van der Waals surface area contributed by atoms with Crippen LogP contribution in [0.15, 0.2) is 29.6 Å². The Bertz CT molecular complexity index is 780. The Hall–Kier alpha value is -2.25. The maximum Gasteiger partial charge on any atom is 0.308 e. The van der Waals surface area contributed by atoms with Gasteiger partial charge in [0.05, 0.1) is 25.1 Å². The number of anilines is 1. The van der Waals surface area contributed by atoms with Crippen LogP contribution in [-0.4, -0.2) is 42.0 Å². The highest BCUT2D eigenvalue weighted by Crippen LogP contribution is 2.21. The summed E-state index contributed by atoms with van der Waals surface area (Å²) < 4.78 is 4.83. The molecule has 1 N–H and O–H groups in total. The fourth-order valence-corrected chi connectivity index (χ4v) is 3.99.